The van der Waals surface area contributed by atoms with Crippen LogP contribution < -0.4 is 20.9 Å². The Morgan fingerprint density at radius 3 is 2.97 bits per heavy atom. The number of carbonyl (C=O) groups is 1. The molecule has 0 bridgehead atoms. The van der Waals surface area contributed by atoms with Crippen LogP contribution in [-0.4, -0.2) is 55.6 Å². The van der Waals surface area contributed by atoms with Crippen LogP contribution in [0.25, 0.3) is 22.3 Å². The fourth-order valence-electron chi connectivity index (χ4n) is 6.09. The molecular weight excluding hydrogens is 454 g/mol. The standard InChI is InChI=1S/C26H27N9O/c1-34-10-4-17-16(3-7-29-24(17)34)23-18-11-31-25(36)22(18)19(12-30-23)32-20-13-28-14-21(33-20)35-9-2-5-26(35)6-8-27-15-26/h3-4,7,10,12-14,27H,2,5-6,8-9,11,15H2,1H3,(H,31,36)(H,32,33)/t26-/m1/s1. The van der Waals surface area contributed by atoms with E-state index < -0.39 is 0 Å². The maximum Gasteiger partial charge on any atom is 0.254 e. The summed E-state index contributed by atoms with van der Waals surface area (Å²) in [5, 5.41) is 10.8. The number of nitrogens with one attached hydrogen (secondary N) is 3. The average molecular weight is 482 g/mol. The van der Waals surface area contributed by atoms with E-state index >= 15 is 0 Å². The third-order valence-electron chi connectivity index (χ3n) is 7.83. The van der Waals surface area contributed by atoms with Crippen molar-refractivity contribution in [2.75, 3.05) is 29.9 Å². The molecule has 1 atom stereocenters. The first-order valence-corrected chi connectivity index (χ1v) is 12.4. The molecule has 10 heteroatoms. The van der Waals surface area contributed by atoms with Crippen LogP contribution >= 0.6 is 0 Å². The zero-order chi connectivity index (χ0) is 24.3. The second-order valence-corrected chi connectivity index (χ2v) is 9.87. The van der Waals surface area contributed by atoms with Crippen LogP contribution in [0.1, 0.15) is 35.2 Å². The van der Waals surface area contributed by atoms with Crippen LogP contribution in [0.3, 0.4) is 0 Å². The Kier molecular flexibility index (Phi) is 4.72. The summed E-state index contributed by atoms with van der Waals surface area (Å²) in [6.07, 6.45) is 12.5. The zero-order valence-electron chi connectivity index (χ0n) is 20.1. The number of pyridine rings is 2. The smallest absolute Gasteiger partial charge is 0.254 e. The highest BCUT2D eigenvalue weighted by Gasteiger charge is 2.43. The molecule has 4 aromatic heterocycles. The molecule has 0 aromatic carbocycles. The minimum absolute atomic E-state index is 0.117. The van der Waals surface area contributed by atoms with Gasteiger partial charge in [-0.15, -0.1) is 0 Å². The summed E-state index contributed by atoms with van der Waals surface area (Å²) in [6, 6.07) is 3.99. The maximum absolute atomic E-state index is 12.9. The summed E-state index contributed by atoms with van der Waals surface area (Å²) < 4.78 is 1.98. The number of hydrogen-bond donors (Lipinski definition) is 3. The third-order valence-corrected chi connectivity index (χ3v) is 7.83. The van der Waals surface area contributed by atoms with E-state index in [9.17, 15) is 4.79 Å². The largest absolute Gasteiger partial charge is 0.348 e. The fraction of sp³-hybridized carbons (Fsp3) is 0.346. The number of anilines is 3. The van der Waals surface area contributed by atoms with Gasteiger partial charge in [-0.1, -0.05) is 0 Å². The van der Waals surface area contributed by atoms with E-state index in [0.29, 0.717) is 23.6 Å². The summed E-state index contributed by atoms with van der Waals surface area (Å²) in [7, 11) is 1.97. The number of rotatable bonds is 4. The number of aromatic nitrogens is 5. The van der Waals surface area contributed by atoms with E-state index in [1.807, 2.05) is 36.1 Å². The number of aryl methyl sites for hydroxylation is 1. The van der Waals surface area contributed by atoms with Gasteiger partial charge < -0.3 is 25.4 Å². The number of carbonyl (C=O) groups excluding carboxylic acids is 1. The number of hydrogen-bond acceptors (Lipinski definition) is 8. The van der Waals surface area contributed by atoms with Crippen molar-refractivity contribution in [3.8, 4) is 11.3 Å². The van der Waals surface area contributed by atoms with Gasteiger partial charge in [-0.05, 0) is 37.9 Å². The highest BCUT2D eigenvalue weighted by atomic mass is 16.1. The minimum Gasteiger partial charge on any atom is -0.348 e. The molecule has 2 fully saturated rings. The quantitative estimate of drug-likeness (QED) is 0.408. The summed E-state index contributed by atoms with van der Waals surface area (Å²) in [5.74, 6) is 1.36. The first kappa shape index (κ1) is 21.3. The molecule has 10 nitrogen and oxygen atoms in total. The lowest BCUT2D eigenvalue weighted by Gasteiger charge is -2.35. The average Bonchev–Trinajstić information content (AvgIpc) is 3.69. The van der Waals surface area contributed by atoms with Crippen LogP contribution in [0.5, 0.6) is 0 Å². The second-order valence-electron chi connectivity index (χ2n) is 9.87. The molecule has 0 aliphatic carbocycles. The highest BCUT2D eigenvalue weighted by Crippen LogP contribution is 2.39. The van der Waals surface area contributed by atoms with Gasteiger partial charge in [0.1, 0.15) is 11.5 Å². The van der Waals surface area contributed by atoms with Crippen LogP contribution in [0.2, 0.25) is 0 Å². The first-order valence-electron chi connectivity index (χ1n) is 12.4. The van der Waals surface area contributed by atoms with Crippen molar-refractivity contribution in [3.63, 3.8) is 0 Å². The van der Waals surface area contributed by atoms with Crippen molar-refractivity contribution >= 4 is 34.3 Å². The van der Waals surface area contributed by atoms with Crippen LogP contribution in [-0.2, 0) is 13.6 Å². The molecule has 0 unspecified atom stereocenters. The molecule has 0 saturated carbocycles. The number of fused-ring (bicyclic) bond motifs is 2. The molecule has 182 valence electrons. The lowest BCUT2D eigenvalue weighted by molar-refractivity contribution is 0.0966. The van der Waals surface area contributed by atoms with Gasteiger partial charge in [-0.2, -0.15) is 0 Å². The lowest BCUT2D eigenvalue weighted by atomic mass is 9.95. The van der Waals surface area contributed by atoms with Crippen molar-refractivity contribution in [1.82, 2.24) is 35.1 Å². The Morgan fingerprint density at radius 1 is 1.14 bits per heavy atom. The van der Waals surface area contributed by atoms with Crippen molar-refractivity contribution < 1.29 is 4.79 Å². The molecule has 3 N–H and O–H groups in total. The topological polar surface area (TPSA) is 113 Å². The maximum atomic E-state index is 12.9. The van der Waals surface area contributed by atoms with Crippen molar-refractivity contribution in [2.24, 2.45) is 7.05 Å². The van der Waals surface area contributed by atoms with Crippen molar-refractivity contribution in [1.29, 1.82) is 0 Å². The minimum atomic E-state index is -0.117. The van der Waals surface area contributed by atoms with Crippen LogP contribution in [0, 0.1) is 0 Å². The van der Waals surface area contributed by atoms with Gasteiger partial charge in [0.15, 0.2) is 5.82 Å². The Labute approximate surface area is 208 Å². The summed E-state index contributed by atoms with van der Waals surface area (Å²) >= 11 is 0. The van der Waals surface area contributed by atoms with Gasteiger partial charge in [-0.3, -0.25) is 14.8 Å². The Bertz CT molecular complexity index is 1500. The van der Waals surface area contributed by atoms with Gasteiger partial charge in [-0.25, -0.2) is 9.97 Å². The van der Waals surface area contributed by atoms with Gasteiger partial charge >= 0.3 is 0 Å². The molecule has 1 spiro atoms. The molecule has 1 amide bonds. The summed E-state index contributed by atoms with van der Waals surface area (Å²) in [6.45, 7) is 3.43. The first-order chi connectivity index (χ1) is 17.6. The molecule has 3 aliphatic heterocycles. The Morgan fingerprint density at radius 2 is 2.08 bits per heavy atom. The van der Waals surface area contributed by atoms with E-state index in [-0.39, 0.29) is 11.4 Å². The van der Waals surface area contributed by atoms with Crippen molar-refractivity contribution in [2.45, 2.75) is 31.3 Å². The van der Waals surface area contributed by atoms with Gasteiger partial charge in [0.05, 0.1) is 41.1 Å². The third kappa shape index (κ3) is 3.17. The molecule has 0 radical (unpaired) electrons. The van der Waals surface area contributed by atoms with Crippen LogP contribution in [0.4, 0.5) is 17.3 Å². The zero-order valence-corrected chi connectivity index (χ0v) is 20.1. The van der Waals surface area contributed by atoms with Crippen LogP contribution in [0.15, 0.2) is 43.1 Å². The van der Waals surface area contributed by atoms with Gasteiger partial charge in [0, 0.05) is 55.6 Å². The highest BCUT2D eigenvalue weighted by molar-refractivity contribution is 6.06. The molecule has 7 rings (SSSR count). The molecule has 36 heavy (non-hydrogen) atoms. The fourth-order valence-corrected chi connectivity index (χ4v) is 6.09. The lowest BCUT2D eigenvalue weighted by Crippen LogP contribution is -2.46. The summed E-state index contributed by atoms with van der Waals surface area (Å²) in [4.78, 5) is 34.0. The van der Waals surface area contributed by atoms with E-state index in [1.165, 1.54) is 6.42 Å². The molecule has 2 saturated heterocycles. The van der Waals surface area contributed by atoms with Gasteiger partial charge in [0.2, 0.25) is 0 Å². The molecule has 7 heterocycles. The SMILES string of the molecule is Cn1ccc2c(-c3ncc(Nc4cncc(N5CCC[C@]56CCNC6)n4)c4c3CNC4=O)ccnc21. The monoisotopic (exact) mass is 481 g/mol. The predicted molar refractivity (Wildman–Crippen MR) is 137 cm³/mol. The number of nitrogens with zero attached hydrogens (tertiary/aromatic N) is 6. The number of amides is 1. The second kappa shape index (κ2) is 7.99. The molecular formula is C26H27N9O. The van der Waals surface area contributed by atoms with E-state index in [2.05, 4.69) is 30.8 Å². The summed E-state index contributed by atoms with van der Waals surface area (Å²) in [5.41, 5.74) is 4.88. The Balaban J connectivity index is 1.26. The van der Waals surface area contributed by atoms with E-state index in [4.69, 9.17) is 9.97 Å². The molecule has 3 aliphatic rings. The predicted octanol–water partition coefficient (Wildman–Crippen LogP) is 2.74. The Hall–Kier alpha value is -4.05. The van der Waals surface area contributed by atoms with E-state index in [0.717, 1.165) is 66.1 Å². The normalized spacial score (nSPS) is 20.9. The molecule has 4 aromatic rings. The van der Waals surface area contributed by atoms with Gasteiger partial charge in [0.25, 0.3) is 5.91 Å². The van der Waals surface area contributed by atoms with Crippen molar-refractivity contribution in [3.05, 3.63) is 54.2 Å². The van der Waals surface area contributed by atoms with E-state index in [1.54, 1.807) is 18.6 Å².